The number of carbonyl (C=O) groups excluding carboxylic acids is 2. The van der Waals surface area contributed by atoms with Crippen LogP contribution in [0.4, 0.5) is 0 Å². The fourth-order valence-corrected chi connectivity index (χ4v) is 4.53. The fraction of sp³-hybridized carbons (Fsp3) is 0.579. The zero-order chi connectivity index (χ0) is 20.7. The predicted octanol–water partition coefficient (Wildman–Crippen LogP) is 0.697. The number of ether oxygens (including phenoxy) is 1. The molecule has 9 heteroatoms. The first-order valence-electron chi connectivity index (χ1n) is 9.44. The summed E-state index contributed by atoms with van der Waals surface area (Å²) in [5.74, 6) is -0.763. The van der Waals surface area contributed by atoms with Crippen molar-refractivity contribution in [3.05, 3.63) is 30.3 Å². The lowest BCUT2D eigenvalue weighted by molar-refractivity contribution is -0.146. The molecule has 1 aromatic rings. The Balaban J connectivity index is 1.89. The Hall–Kier alpha value is -1.97. The lowest BCUT2D eigenvalue weighted by Gasteiger charge is -2.34. The number of hydrogen-bond acceptors (Lipinski definition) is 6. The highest BCUT2D eigenvalue weighted by molar-refractivity contribution is 7.89. The van der Waals surface area contributed by atoms with Crippen molar-refractivity contribution >= 4 is 21.9 Å². The molecule has 0 saturated carbocycles. The summed E-state index contributed by atoms with van der Waals surface area (Å²) in [6.07, 6.45) is 0.732. The molecule has 1 amide bonds. The van der Waals surface area contributed by atoms with Gasteiger partial charge in [-0.15, -0.1) is 0 Å². The van der Waals surface area contributed by atoms with E-state index in [-0.39, 0.29) is 23.3 Å². The Morgan fingerprint density at radius 2 is 1.75 bits per heavy atom. The molecule has 1 saturated heterocycles. The van der Waals surface area contributed by atoms with Gasteiger partial charge in [-0.2, -0.15) is 4.31 Å². The van der Waals surface area contributed by atoms with Gasteiger partial charge in [-0.05, 0) is 18.1 Å². The molecule has 0 aromatic heterocycles. The minimum absolute atomic E-state index is 0.0377. The SMILES string of the molecule is CC[C@@H](C)[C@@H](NC(=O)CN1CCN(S(=O)(=O)c2ccccc2)CC1)C(=O)OC. The largest absolute Gasteiger partial charge is 0.467 e. The van der Waals surface area contributed by atoms with Crippen LogP contribution in [-0.2, 0) is 24.3 Å². The first-order chi connectivity index (χ1) is 13.3. The van der Waals surface area contributed by atoms with Crippen molar-refractivity contribution in [2.45, 2.75) is 31.2 Å². The van der Waals surface area contributed by atoms with Crippen LogP contribution in [0.3, 0.4) is 0 Å². The molecule has 1 fully saturated rings. The third-order valence-electron chi connectivity index (χ3n) is 5.06. The molecular formula is C19H29N3O5S. The molecule has 1 N–H and O–H groups in total. The molecule has 1 aliphatic heterocycles. The maximum Gasteiger partial charge on any atom is 0.328 e. The summed E-state index contributed by atoms with van der Waals surface area (Å²) in [6, 6.07) is 7.65. The highest BCUT2D eigenvalue weighted by Gasteiger charge is 2.30. The number of methoxy groups -OCH3 is 1. The van der Waals surface area contributed by atoms with Crippen molar-refractivity contribution in [2.24, 2.45) is 5.92 Å². The third kappa shape index (κ3) is 5.52. The molecule has 2 rings (SSSR count). The van der Waals surface area contributed by atoms with Crippen molar-refractivity contribution in [2.75, 3.05) is 39.8 Å². The van der Waals surface area contributed by atoms with Gasteiger partial charge >= 0.3 is 5.97 Å². The average Bonchev–Trinajstić information content (AvgIpc) is 2.72. The lowest BCUT2D eigenvalue weighted by atomic mass is 9.99. The van der Waals surface area contributed by atoms with Crippen LogP contribution in [0, 0.1) is 5.92 Å². The second-order valence-electron chi connectivity index (χ2n) is 6.95. The van der Waals surface area contributed by atoms with E-state index in [1.54, 1.807) is 30.3 Å². The lowest BCUT2D eigenvalue weighted by Crippen LogP contribution is -2.53. The summed E-state index contributed by atoms with van der Waals surface area (Å²) < 4.78 is 31.5. The molecule has 0 unspecified atom stereocenters. The number of nitrogens with zero attached hydrogens (tertiary/aromatic N) is 2. The number of sulfonamides is 1. The second kappa shape index (κ2) is 9.99. The maximum atomic E-state index is 12.7. The number of piperazine rings is 1. The van der Waals surface area contributed by atoms with Crippen molar-refractivity contribution < 1.29 is 22.7 Å². The minimum atomic E-state index is -3.52. The van der Waals surface area contributed by atoms with Gasteiger partial charge < -0.3 is 10.1 Å². The Morgan fingerprint density at radius 3 is 2.29 bits per heavy atom. The zero-order valence-corrected chi connectivity index (χ0v) is 17.4. The highest BCUT2D eigenvalue weighted by atomic mass is 32.2. The van der Waals surface area contributed by atoms with Crippen LogP contribution < -0.4 is 5.32 Å². The van der Waals surface area contributed by atoms with Gasteiger partial charge in [0, 0.05) is 26.2 Å². The summed E-state index contributed by atoms with van der Waals surface area (Å²) in [5.41, 5.74) is 0. The monoisotopic (exact) mass is 411 g/mol. The number of rotatable bonds is 8. The van der Waals surface area contributed by atoms with Crippen LogP contribution in [0.1, 0.15) is 20.3 Å². The second-order valence-corrected chi connectivity index (χ2v) is 8.89. The number of hydrogen-bond donors (Lipinski definition) is 1. The van der Waals surface area contributed by atoms with Crippen LogP contribution in [0.15, 0.2) is 35.2 Å². The van der Waals surface area contributed by atoms with Crippen LogP contribution in [0.25, 0.3) is 0 Å². The molecule has 1 aliphatic rings. The molecule has 28 heavy (non-hydrogen) atoms. The molecule has 1 aromatic carbocycles. The van der Waals surface area contributed by atoms with E-state index in [2.05, 4.69) is 5.32 Å². The normalized spacial score (nSPS) is 18.2. The van der Waals surface area contributed by atoms with Crippen LogP contribution in [-0.4, -0.2) is 75.4 Å². The van der Waals surface area contributed by atoms with Crippen molar-refractivity contribution in [3.63, 3.8) is 0 Å². The van der Waals surface area contributed by atoms with Crippen molar-refractivity contribution in [1.29, 1.82) is 0 Å². The molecule has 0 aliphatic carbocycles. The molecule has 156 valence electrons. The van der Waals surface area contributed by atoms with E-state index < -0.39 is 22.0 Å². The average molecular weight is 412 g/mol. The van der Waals surface area contributed by atoms with Gasteiger partial charge in [-0.25, -0.2) is 13.2 Å². The van der Waals surface area contributed by atoms with E-state index in [1.165, 1.54) is 11.4 Å². The van der Waals surface area contributed by atoms with Crippen molar-refractivity contribution in [1.82, 2.24) is 14.5 Å². The summed E-state index contributed by atoms with van der Waals surface area (Å²) in [4.78, 5) is 26.4. The van der Waals surface area contributed by atoms with E-state index in [1.807, 2.05) is 18.7 Å². The van der Waals surface area contributed by atoms with E-state index in [9.17, 15) is 18.0 Å². The fourth-order valence-electron chi connectivity index (χ4n) is 3.09. The van der Waals surface area contributed by atoms with Gasteiger partial charge in [0.2, 0.25) is 15.9 Å². The van der Waals surface area contributed by atoms with E-state index in [4.69, 9.17) is 4.74 Å². The zero-order valence-electron chi connectivity index (χ0n) is 16.6. The molecule has 8 nitrogen and oxygen atoms in total. The first kappa shape index (κ1) is 22.3. The number of nitrogens with one attached hydrogen (secondary N) is 1. The summed E-state index contributed by atoms with van der Waals surface area (Å²) in [5, 5.41) is 2.75. The van der Waals surface area contributed by atoms with Gasteiger partial charge in [-0.3, -0.25) is 9.69 Å². The van der Waals surface area contributed by atoms with E-state index >= 15 is 0 Å². The Morgan fingerprint density at radius 1 is 1.14 bits per heavy atom. The standard InChI is InChI=1S/C19H29N3O5S/c1-4-15(2)18(19(24)27-3)20-17(23)14-21-10-12-22(13-11-21)28(25,26)16-8-6-5-7-9-16/h5-9,15,18H,4,10-14H2,1-3H3,(H,20,23)/t15-,18-/m1/s1. The van der Waals surface area contributed by atoms with Crippen LogP contribution in [0.2, 0.25) is 0 Å². The minimum Gasteiger partial charge on any atom is -0.467 e. The number of carbonyl (C=O) groups is 2. The third-order valence-corrected chi connectivity index (χ3v) is 6.98. The number of benzene rings is 1. The number of amides is 1. The van der Waals surface area contributed by atoms with Gasteiger partial charge in [0.15, 0.2) is 0 Å². The number of esters is 1. The highest BCUT2D eigenvalue weighted by Crippen LogP contribution is 2.17. The van der Waals surface area contributed by atoms with Crippen LogP contribution >= 0.6 is 0 Å². The summed E-state index contributed by atoms with van der Waals surface area (Å²) in [7, 11) is -2.22. The Kier molecular flexibility index (Phi) is 7.97. The van der Waals surface area contributed by atoms with Gasteiger partial charge in [0.1, 0.15) is 6.04 Å². The van der Waals surface area contributed by atoms with Gasteiger partial charge in [0.05, 0.1) is 18.6 Å². The maximum absolute atomic E-state index is 12.7. The van der Waals surface area contributed by atoms with Crippen LogP contribution in [0.5, 0.6) is 0 Å². The van der Waals surface area contributed by atoms with Gasteiger partial charge in [-0.1, -0.05) is 38.5 Å². The molecule has 2 atom stereocenters. The molecule has 0 bridgehead atoms. The van der Waals surface area contributed by atoms with Crippen molar-refractivity contribution in [3.8, 4) is 0 Å². The Labute approximate surface area is 166 Å². The quantitative estimate of drug-likeness (QED) is 0.633. The van der Waals surface area contributed by atoms with E-state index in [0.29, 0.717) is 26.2 Å². The molecular weight excluding hydrogens is 382 g/mol. The Bertz CT molecular complexity index is 761. The molecule has 0 radical (unpaired) electrons. The van der Waals surface area contributed by atoms with Gasteiger partial charge in [0.25, 0.3) is 0 Å². The predicted molar refractivity (Wildman–Crippen MR) is 105 cm³/mol. The first-order valence-corrected chi connectivity index (χ1v) is 10.9. The summed E-state index contributed by atoms with van der Waals surface area (Å²) >= 11 is 0. The smallest absolute Gasteiger partial charge is 0.328 e. The topological polar surface area (TPSA) is 96.0 Å². The summed E-state index contributed by atoms with van der Waals surface area (Å²) in [6.45, 7) is 5.47. The molecule has 1 heterocycles. The molecule has 0 spiro atoms. The van der Waals surface area contributed by atoms with E-state index in [0.717, 1.165) is 6.42 Å².